The molecule has 6 rings (SSSR count). The summed E-state index contributed by atoms with van der Waals surface area (Å²) in [6.07, 6.45) is 6.80. The molecule has 0 radical (unpaired) electrons. The standard InChI is InChI=1S/C26H32N8/c1-18(20-11-14-33(15-12-20)17-19-6-3-2-4-7-19)27-26-29-25(23-8-5-13-34(23)32-26)28-24-16-22(30-31-24)21-9-10-21/h2-8,13,16,18,20-21H,9-12,14-15,17H2,1H3,(H3,27,28,29,30,31,32)/t18-/m0/s1. The van der Waals surface area contributed by atoms with E-state index in [2.05, 4.69) is 69.1 Å². The van der Waals surface area contributed by atoms with Crippen LogP contribution in [0.25, 0.3) is 5.52 Å². The molecule has 176 valence electrons. The first-order chi connectivity index (χ1) is 16.7. The van der Waals surface area contributed by atoms with E-state index in [9.17, 15) is 0 Å². The maximum Gasteiger partial charge on any atom is 0.243 e. The number of aromatic nitrogens is 5. The molecule has 3 aromatic heterocycles. The molecule has 1 aliphatic heterocycles. The van der Waals surface area contributed by atoms with Crippen LogP contribution in [0.1, 0.15) is 49.8 Å². The molecular formula is C26H32N8. The van der Waals surface area contributed by atoms with Gasteiger partial charge in [-0.25, -0.2) is 4.52 Å². The lowest BCUT2D eigenvalue weighted by Crippen LogP contribution is -2.39. The zero-order valence-electron chi connectivity index (χ0n) is 19.6. The molecule has 1 aliphatic carbocycles. The third-order valence-electron chi connectivity index (χ3n) is 7.20. The average Bonchev–Trinajstić information content (AvgIpc) is 3.41. The molecule has 4 heterocycles. The molecule has 0 spiro atoms. The van der Waals surface area contributed by atoms with Crippen LogP contribution < -0.4 is 10.6 Å². The van der Waals surface area contributed by atoms with Crippen LogP contribution in [0.15, 0.2) is 54.7 Å². The molecule has 1 atom stereocenters. The molecular weight excluding hydrogens is 424 g/mol. The van der Waals surface area contributed by atoms with Gasteiger partial charge in [-0.3, -0.25) is 10.00 Å². The Morgan fingerprint density at radius 1 is 1.06 bits per heavy atom. The van der Waals surface area contributed by atoms with Gasteiger partial charge in [0.15, 0.2) is 11.6 Å². The van der Waals surface area contributed by atoms with Gasteiger partial charge in [0.05, 0.1) is 0 Å². The van der Waals surface area contributed by atoms with Gasteiger partial charge in [0, 0.05) is 36.5 Å². The number of benzene rings is 1. The van der Waals surface area contributed by atoms with Gasteiger partial charge in [-0.05, 0) is 69.3 Å². The van der Waals surface area contributed by atoms with Crippen molar-refractivity contribution in [2.75, 3.05) is 23.7 Å². The third-order valence-corrected chi connectivity index (χ3v) is 7.20. The lowest BCUT2D eigenvalue weighted by atomic mass is 9.90. The zero-order valence-corrected chi connectivity index (χ0v) is 19.6. The van der Waals surface area contributed by atoms with Crippen LogP contribution >= 0.6 is 0 Å². The second-order valence-electron chi connectivity index (χ2n) is 9.76. The molecule has 1 saturated heterocycles. The maximum atomic E-state index is 4.83. The first-order valence-electron chi connectivity index (χ1n) is 12.4. The molecule has 4 aromatic rings. The fraction of sp³-hybridized carbons (Fsp3) is 0.423. The Labute approximate surface area is 199 Å². The summed E-state index contributed by atoms with van der Waals surface area (Å²) in [5.41, 5.74) is 3.53. The van der Waals surface area contributed by atoms with E-state index in [1.54, 1.807) is 0 Å². The van der Waals surface area contributed by atoms with Crippen molar-refractivity contribution in [3.8, 4) is 0 Å². The van der Waals surface area contributed by atoms with Gasteiger partial charge in [-0.15, -0.1) is 5.10 Å². The highest BCUT2D eigenvalue weighted by molar-refractivity contribution is 5.73. The van der Waals surface area contributed by atoms with E-state index in [1.165, 1.54) is 36.9 Å². The van der Waals surface area contributed by atoms with Gasteiger partial charge in [-0.2, -0.15) is 10.1 Å². The Balaban J connectivity index is 1.11. The Kier molecular flexibility index (Phi) is 5.66. The van der Waals surface area contributed by atoms with Crippen molar-refractivity contribution in [2.45, 2.75) is 51.1 Å². The molecule has 0 amide bonds. The highest BCUT2D eigenvalue weighted by atomic mass is 15.3. The normalized spacial score (nSPS) is 18.3. The molecule has 0 bridgehead atoms. The number of hydrogen-bond donors (Lipinski definition) is 3. The van der Waals surface area contributed by atoms with Crippen molar-refractivity contribution in [3.63, 3.8) is 0 Å². The number of anilines is 3. The maximum absolute atomic E-state index is 4.83. The summed E-state index contributed by atoms with van der Waals surface area (Å²) < 4.78 is 1.88. The molecule has 0 unspecified atom stereocenters. The predicted octanol–water partition coefficient (Wildman–Crippen LogP) is 4.79. The SMILES string of the molecule is C[C@H](Nc1nc(Nc2cc(C3CC3)[nH]n2)c2cccn2n1)C1CCN(Cc2ccccc2)CC1. The number of likely N-dealkylation sites (tertiary alicyclic amines) is 1. The van der Waals surface area contributed by atoms with Crippen molar-refractivity contribution >= 4 is 23.1 Å². The van der Waals surface area contributed by atoms with E-state index in [4.69, 9.17) is 10.1 Å². The second-order valence-corrected chi connectivity index (χ2v) is 9.76. The summed E-state index contributed by atoms with van der Waals surface area (Å²) in [5, 5.41) is 19.3. The largest absolute Gasteiger partial charge is 0.350 e. The fourth-order valence-electron chi connectivity index (χ4n) is 4.99. The molecule has 1 aromatic carbocycles. The monoisotopic (exact) mass is 456 g/mol. The van der Waals surface area contributed by atoms with Crippen LogP contribution in [0.4, 0.5) is 17.6 Å². The quantitative estimate of drug-likeness (QED) is 0.354. The number of fused-ring (bicyclic) bond motifs is 1. The lowest BCUT2D eigenvalue weighted by molar-refractivity contribution is 0.169. The summed E-state index contributed by atoms with van der Waals surface area (Å²) in [6, 6.07) is 17.2. The fourth-order valence-corrected chi connectivity index (χ4v) is 4.99. The van der Waals surface area contributed by atoms with Crippen LogP contribution in [0, 0.1) is 5.92 Å². The first kappa shape index (κ1) is 21.2. The van der Waals surface area contributed by atoms with E-state index in [0.29, 0.717) is 23.8 Å². The molecule has 8 nitrogen and oxygen atoms in total. The van der Waals surface area contributed by atoms with Crippen molar-refractivity contribution in [2.24, 2.45) is 5.92 Å². The summed E-state index contributed by atoms with van der Waals surface area (Å²) in [7, 11) is 0. The van der Waals surface area contributed by atoms with Crippen molar-refractivity contribution < 1.29 is 0 Å². The minimum atomic E-state index is 0.298. The highest BCUT2D eigenvalue weighted by Crippen LogP contribution is 2.39. The summed E-state index contributed by atoms with van der Waals surface area (Å²) in [5.74, 6) is 3.44. The predicted molar refractivity (Wildman–Crippen MR) is 134 cm³/mol. The van der Waals surface area contributed by atoms with Crippen LogP contribution in [0.2, 0.25) is 0 Å². The number of rotatable bonds is 8. The van der Waals surface area contributed by atoms with E-state index < -0.39 is 0 Å². The van der Waals surface area contributed by atoms with Crippen LogP contribution in [0.3, 0.4) is 0 Å². The van der Waals surface area contributed by atoms with Gasteiger partial charge in [0.2, 0.25) is 5.95 Å². The van der Waals surface area contributed by atoms with Crippen molar-refractivity contribution in [1.29, 1.82) is 0 Å². The number of nitrogens with one attached hydrogen (secondary N) is 3. The third kappa shape index (κ3) is 4.63. The van der Waals surface area contributed by atoms with Crippen LogP contribution in [-0.2, 0) is 6.54 Å². The van der Waals surface area contributed by atoms with E-state index in [1.807, 2.05) is 22.8 Å². The highest BCUT2D eigenvalue weighted by Gasteiger charge is 2.26. The minimum absolute atomic E-state index is 0.298. The Bertz CT molecular complexity index is 1230. The summed E-state index contributed by atoms with van der Waals surface area (Å²) >= 11 is 0. The topological polar surface area (TPSA) is 86.2 Å². The number of hydrogen-bond acceptors (Lipinski definition) is 6. The smallest absolute Gasteiger partial charge is 0.243 e. The Morgan fingerprint density at radius 3 is 2.68 bits per heavy atom. The summed E-state index contributed by atoms with van der Waals surface area (Å²) in [6.45, 7) is 5.54. The van der Waals surface area contributed by atoms with E-state index >= 15 is 0 Å². The van der Waals surface area contributed by atoms with Gasteiger partial charge in [0.1, 0.15) is 5.52 Å². The Hall–Kier alpha value is -3.39. The number of piperidine rings is 1. The summed E-state index contributed by atoms with van der Waals surface area (Å²) in [4.78, 5) is 7.38. The van der Waals surface area contributed by atoms with Gasteiger partial charge >= 0.3 is 0 Å². The molecule has 34 heavy (non-hydrogen) atoms. The minimum Gasteiger partial charge on any atom is -0.350 e. The van der Waals surface area contributed by atoms with Crippen LogP contribution in [0.5, 0.6) is 0 Å². The molecule has 3 N–H and O–H groups in total. The van der Waals surface area contributed by atoms with Crippen molar-refractivity contribution in [3.05, 3.63) is 66.0 Å². The molecule has 2 aliphatic rings. The second kappa shape index (κ2) is 9.10. The molecule has 1 saturated carbocycles. The molecule has 2 fully saturated rings. The van der Waals surface area contributed by atoms with Crippen LogP contribution in [-0.4, -0.2) is 48.8 Å². The number of H-pyrrole nitrogens is 1. The number of nitrogens with zero attached hydrogens (tertiary/aromatic N) is 5. The molecule has 8 heteroatoms. The average molecular weight is 457 g/mol. The van der Waals surface area contributed by atoms with Gasteiger partial charge < -0.3 is 10.6 Å². The lowest BCUT2D eigenvalue weighted by Gasteiger charge is -2.35. The number of aromatic amines is 1. The van der Waals surface area contributed by atoms with E-state index in [0.717, 1.165) is 36.8 Å². The van der Waals surface area contributed by atoms with E-state index in [-0.39, 0.29) is 0 Å². The van der Waals surface area contributed by atoms with Gasteiger partial charge in [-0.1, -0.05) is 30.3 Å². The first-order valence-corrected chi connectivity index (χ1v) is 12.4. The zero-order chi connectivity index (χ0) is 22.9. The Morgan fingerprint density at radius 2 is 1.88 bits per heavy atom. The van der Waals surface area contributed by atoms with Gasteiger partial charge in [0.25, 0.3) is 0 Å². The van der Waals surface area contributed by atoms with Crippen molar-refractivity contribution in [1.82, 2.24) is 29.7 Å².